The lowest BCUT2D eigenvalue weighted by Gasteiger charge is -2.21. The average Bonchev–Trinajstić information content (AvgIpc) is 2.70. The summed E-state index contributed by atoms with van der Waals surface area (Å²) in [7, 11) is -3.65. The van der Waals surface area contributed by atoms with Gasteiger partial charge in [-0.3, -0.25) is 9.69 Å². The number of halogens is 2. The predicted molar refractivity (Wildman–Crippen MR) is 112 cm³/mol. The number of nitrogens with zero attached hydrogens (tertiary/aromatic N) is 2. The maximum Gasteiger partial charge on any atom is 0.243 e. The third-order valence-corrected chi connectivity index (χ3v) is 6.76. The molecule has 1 amide bonds. The molecule has 0 aliphatic carbocycles. The molecule has 0 saturated heterocycles. The predicted octanol–water partition coefficient (Wildman–Crippen LogP) is 3.46. The lowest BCUT2D eigenvalue weighted by Crippen LogP contribution is -2.33. The summed E-state index contributed by atoms with van der Waals surface area (Å²) in [6, 6.07) is 9.66. The van der Waals surface area contributed by atoms with Crippen molar-refractivity contribution in [1.82, 2.24) is 9.21 Å². The van der Waals surface area contributed by atoms with Gasteiger partial charge in [0.25, 0.3) is 0 Å². The standard InChI is InChI=1S/C21H27F2N3O3S/c1-4-25(14-18-19(22)11-8-12-20(18)23)15-21(27)24-16-9-7-10-17(13-16)30(28,29)26(5-2)6-3/h7-13H,4-6,14-15H2,1-3H3,(H,24,27). The minimum absolute atomic E-state index is 0.0567. The van der Waals surface area contributed by atoms with Crippen LogP contribution in [0.25, 0.3) is 0 Å². The largest absolute Gasteiger partial charge is 0.325 e. The van der Waals surface area contributed by atoms with Crippen molar-refractivity contribution in [3.63, 3.8) is 0 Å². The Morgan fingerprint density at radius 3 is 2.13 bits per heavy atom. The van der Waals surface area contributed by atoms with Gasteiger partial charge in [0.2, 0.25) is 15.9 Å². The van der Waals surface area contributed by atoms with Crippen LogP contribution >= 0.6 is 0 Å². The molecule has 30 heavy (non-hydrogen) atoms. The quantitative estimate of drug-likeness (QED) is 0.616. The first-order chi connectivity index (χ1) is 14.2. The summed E-state index contributed by atoms with van der Waals surface area (Å²) >= 11 is 0. The van der Waals surface area contributed by atoms with Crippen LogP contribution in [0.1, 0.15) is 26.3 Å². The summed E-state index contributed by atoms with van der Waals surface area (Å²) in [4.78, 5) is 14.1. The Labute approximate surface area is 176 Å². The van der Waals surface area contributed by atoms with Crippen LogP contribution in [0.5, 0.6) is 0 Å². The molecule has 0 spiro atoms. The Kier molecular flexibility index (Phi) is 8.45. The third-order valence-electron chi connectivity index (χ3n) is 4.72. The maximum atomic E-state index is 13.9. The van der Waals surface area contributed by atoms with Gasteiger partial charge in [0.15, 0.2) is 0 Å². The van der Waals surface area contributed by atoms with Crippen molar-refractivity contribution in [2.24, 2.45) is 0 Å². The second kappa shape index (κ2) is 10.6. The van der Waals surface area contributed by atoms with Crippen molar-refractivity contribution in [2.45, 2.75) is 32.2 Å². The van der Waals surface area contributed by atoms with Crippen molar-refractivity contribution in [3.05, 3.63) is 59.7 Å². The molecule has 0 fully saturated rings. The van der Waals surface area contributed by atoms with Crippen LogP contribution in [-0.2, 0) is 21.4 Å². The molecule has 2 rings (SSSR count). The minimum atomic E-state index is -3.65. The number of likely N-dealkylation sites (N-methyl/N-ethyl adjacent to an activating group) is 1. The lowest BCUT2D eigenvalue weighted by molar-refractivity contribution is -0.117. The van der Waals surface area contributed by atoms with Crippen LogP contribution in [0.15, 0.2) is 47.4 Å². The van der Waals surface area contributed by atoms with E-state index in [2.05, 4.69) is 5.32 Å². The molecule has 6 nitrogen and oxygen atoms in total. The van der Waals surface area contributed by atoms with E-state index in [-0.39, 0.29) is 23.5 Å². The van der Waals surface area contributed by atoms with Crippen LogP contribution in [-0.4, -0.2) is 49.7 Å². The van der Waals surface area contributed by atoms with Crippen molar-refractivity contribution < 1.29 is 22.0 Å². The molecule has 2 aromatic carbocycles. The summed E-state index contributed by atoms with van der Waals surface area (Å²) in [6.07, 6.45) is 0. The molecule has 0 unspecified atom stereocenters. The second-order valence-corrected chi connectivity index (χ2v) is 8.61. The molecular weight excluding hydrogens is 412 g/mol. The summed E-state index contributed by atoms with van der Waals surface area (Å²) in [5, 5.41) is 2.66. The van der Waals surface area contributed by atoms with Gasteiger partial charge in [-0.25, -0.2) is 17.2 Å². The van der Waals surface area contributed by atoms with Crippen LogP contribution in [0.3, 0.4) is 0 Å². The molecule has 0 aromatic heterocycles. The SMILES string of the molecule is CCN(CC(=O)Nc1cccc(S(=O)(=O)N(CC)CC)c1)Cc1c(F)cccc1F. The zero-order valence-corrected chi connectivity index (χ0v) is 18.2. The number of benzene rings is 2. The molecule has 9 heteroatoms. The summed E-state index contributed by atoms with van der Waals surface area (Å²) < 4.78 is 54.4. The van der Waals surface area contributed by atoms with Crippen LogP contribution < -0.4 is 5.32 Å². The molecule has 2 aromatic rings. The Balaban J connectivity index is 2.10. The number of hydrogen-bond acceptors (Lipinski definition) is 4. The number of nitrogens with one attached hydrogen (secondary N) is 1. The molecular formula is C21H27F2N3O3S. The first kappa shape index (κ1) is 23.9. The fourth-order valence-corrected chi connectivity index (χ4v) is 4.54. The smallest absolute Gasteiger partial charge is 0.243 e. The second-order valence-electron chi connectivity index (χ2n) is 6.67. The fourth-order valence-electron chi connectivity index (χ4n) is 3.04. The molecule has 164 valence electrons. The van der Waals surface area contributed by atoms with E-state index in [4.69, 9.17) is 0 Å². The Morgan fingerprint density at radius 2 is 1.57 bits per heavy atom. The Morgan fingerprint density at radius 1 is 0.967 bits per heavy atom. The van der Waals surface area contributed by atoms with Crippen LogP contribution in [0.2, 0.25) is 0 Å². The molecule has 1 N–H and O–H groups in total. The van der Waals surface area contributed by atoms with Gasteiger partial charge in [0.1, 0.15) is 11.6 Å². The Bertz CT molecular complexity index is 959. The van der Waals surface area contributed by atoms with Gasteiger partial charge < -0.3 is 5.32 Å². The van der Waals surface area contributed by atoms with Gasteiger partial charge in [-0.15, -0.1) is 0 Å². The van der Waals surface area contributed by atoms with Crippen LogP contribution in [0.4, 0.5) is 14.5 Å². The van der Waals surface area contributed by atoms with Crippen molar-refractivity contribution in [1.29, 1.82) is 0 Å². The summed E-state index contributed by atoms with van der Waals surface area (Å²) in [5.74, 6) is -1.74. The van der Waals surface area contributed by atoms with E-state index in [1.54, 1.807) is 37.8 Å². The number of sulfonamides is 1. The summed E-state index contributed by atoms with van der Waals surface area (Å²) in [5.41, 5.74) is 0.237. The average molecular weight is 440 g/mol. The van der Waals surface area contributed by atoms with E-state index < -0.39 is 27.6 Å². The number of carbonyl (C=O) groups is 1. The summed E-state index contributed by atoms with van der Waals surface area (Å²) in [6.45, 7) is 6.22. The molecule has 0 atom stereocenters. The number of rotatable bonds is 10. The first-order valence-corrected chi connectivity index (χ1v) is 11.2. The van der Waals surface area contributed by atoms with Crippen molar-refractivity contribution in [2.75, 3.05) is 31.5 Å². The Hall–Kier alpha value is -2.36. The number of hydrogen-bond donors (Lipinski definition) is 1. The third kappa shape index (κ3) is 5.84. The molecule has 0 saturated carbocycles. The van der Waals surface area contributed by atoms with Gasteiger partial charge >= 0.3 is 0 Å². The minimum Gasteiger partial charge on any atom is -0.325 e. The number of anilines is 1. The molecule has 0 radical (unpaired) electrons. The van der Waals surface area contributed by atoms with E-state index in [0.29, 0.717) is 25.3 Å². The highest BCUT2D eigenvalue weighted by molar-refractivity contribution is 7.89. The highest BCUT2D eigenvalue weighted by Gasteiger charge is 2.22. The van der Waals surface area contributed by atoms with E-state index in [0.717, 1.165) is 0 Å². The van der Waals surface area contributed by atoms with Gasteiger partial charge in [-0.1, -0.05) is 32.9 Å². The van der Waals surface area contributed by atoms with Crippen molar-refractivity contribution in [3.8, 4) is 0 Å². The van der Waals surface area contributed by atoms with Crippen LogP contribution in [0, 0.1) is 11.6 Å². The van der Waals surface area contributed by atoms with E-state index in [1.165, 1.54) is 34.6 Å². The monoisotopic (exact) mass is 439 g/mol. The van der Waals surface area contributed by atoms with E-state index in [9.17, 15) is 22.0 Å². The zero-order chi connectivity index (χ0) is 22.3. The molecule has 0 aliphatic rings. The fraction of sp³-hybridized carbons (Fsp3) is 0.381. The highest BCUT2D eigenvalue weighted by atomic mass is 32.2. The first-order valence-electron chi connectivity index (χ1n) is 9.78. The highest BCUT2D eigenvalue weighted by Crippen LogP contribution is 2.20. The van der Waals surface area contributed by atoms with Gasteiger partial charge in [-0.05, 0) is 36.9 Å². The number of carbonyl (C=O) groups excluding carboxylic acids is 1. The maximum absolute atomic E-state index is 13.9. The van der Waals surface area contributed by atoms with Gasteiger partial charge in [0, 0.05) is 30.9 Å². The van der Waals surface area contributed by atoms with E-state index >= 15 is 0 Å². The molecule has 0 aliphatic heterocycles. The van der Waals surface area contributed by atoms with E-state index in [1.807, 2.05) is 0 Å². The molecule has 0 bridgehead atoms. The molecule has 0 heterocycles. The normalized spacial score (nSPS) is 11.8. The van der Waals surface area contributed by atoms with Crippen molar-refractivity contribution >= 4 is 21.6 Å². The topological polar surface area (TPSA) is 69.7 Å². The zero-order valence-electron chi connectivity index (χ0n) is 17.4. The number of amides is 1. The lowest BCUT2D eigenvalue weighted by atomic mass is 10.2. The van der Waals surface area contributed by atoms with Gasteiger partial charge in [-0.2, -0.15) is 4.31 Å². The van der Waals surface area contributed by atoms with Gasteiger partial charge in [0.05, 0.1) is 11.4 Å².